The minimum Gasteiger partial charge on any atom is -0.492 e. The summed E-state index contributed by atoms with van der Waals surface area (Å²) in [6.45, 7) is 3.37. The number of nitrogens with one attached hydrogen (secondary N) is 1. The van der Waals surface area contributed by atoms with E-state index in [0.717, 1.165) is 0 Å². The van der Waals surface area contributed by atoms with Gasteiger partial charge in [0.05, 0.1) is 18.8 Å². The Labute approximate surface area is 151 Å². The van der Waals surface area contributed by atoms with Crippen LogP contribution in [0.4, 0.5) is 10.5 Å². The molecule has 1 N–H and O–H groups in total. The first-order valence-corrected chi connectivity index (χ1v) is 8.36. The summed E-state index contributed by atoms with van der Waals surface area (Å²) in [5.41, 5.74) is 0.769. The topological polar surface area (TPSA) is 100 Å². The standard InChI is InChI=1S/C18H19N5O3/c1-2-25-16-6-4-3-5-14(16)22-18(24)23-10-7-13(12-23)26-17-15(11-19)20-8-9-21-17/h3-6,8-9,13H,2,7,10,12H2,1H3,(H,22,24). The zero-order chi connectivity index (χ0) is 18.4. The lowest BCUT2D eigenvalue weighted by Crippen LogP contribution is -2.34. The number of hydrogen-bond acceptors (Lipinski definition) is 6. The fraction of sp³-hybridized carbons (Fsp3) is 0.333. The van der Waals surface area contributed by atoms with Gasteiger partial charge in [-0.2, -0.15) is 5.26 Å². The zero-order valence-electron chi connectivity index (χ0n) is 14.4. The third-order valence-corrected chi connectivity index (χ3v) is 3.91. The highest BCUT2D eigenvalue weighted by molar-refractivity contribution is 5.91. The lowest BCUT2D eigenvalue weighted by molar-refractivity contribution is 0.189. The second-order valence-electron chi connectivity index (χ2n) is 5.66. The lowest BCUT2D eigenvalue weighted by Gasteiger charge is -2.19. The number of urea groups is 1. The van der Waals surface area contributed by atoms with Crippen molar-refractivity contribution >= 4 is 11.7 Å². The van der Waals surface area contributed by atoms with E-state index in [2.05, 4.69) is 15.3 Å². The van der Waals surface area contributed by atoms with Crippen LogP contribution in [0.1, 0.15) is 19.0 Å². The Bertz CT molecular complexity index is 820. The van der Waals surface area contributed by atoms with Crippen molar-refractivity contribution < 1.29 is 14.3 Å². The monoisotopic (exact) mass is 353 g/mol. The predicted molar refractivity (Wildman–Crippen MR) is 94.0 cm³/mol. The van der Waals surface area contributed by atoms with Gasteiger partial charge in [0.1, 0.15) is 17.9 Å². The minimum atomic E-state index is -0.230. The van der Waals surface area contributed by atoms with Crippen molar-refractivity contribution in [3.63, 3.8) is 0 Å². The smallest absolute Gasteiger partial charge is 0.322 e. The number of amides is 2. The molecule has 1 saturated heterocycles. The largest absolute Gasteiger partial charge is 0.492 e. The number of carbonyl (C=O) groups is 1. The summed E-state index contributed by atoms with van der Waals surface area (Å²) in [5.74, 6) is 0.831. The van der Waals surface area contributed by atoms with Crippen molar-refractivity contribution in [1.29, 1.82) is 5.26 Å². The van der Waals surface area contributed by atoms with Crippen LogP contribution in [0, 0.1) is 11.3 Å². The molecule has 0 saturated carbocycles. The third-order valence-electron chi connectivity index (χ3n) is 3.91. The van der Waals surface area contributed by atoms with Gasteiger partial charge in [-0.15, -0.1) is 0 Å². The number of nitriles is 1. The van der Waals surface area contributed by atoms with Gasteiger partial charge in [0.25, 0.3) is 5.88 Å². The van der Waals surface area contributed by atoms with Crippen LogP contribution in [0.2, 0.25) is 0 Å². The summed E-state index contributed by atoms with van der Waals surface area (Å²) >= 11 is 0. The van der Waals surface area contributed by atoms with Gasteiger partial charge in [-0.05, 0) is 19.1 Å². The van der Waals surface area contributed by atoms with E-state index in [1.54, 1.807) is 11.0 Å². The zero-order valence-corrected chi connectivity index (χ0v) is 14.4. The molecular formula is C18H19N5O3. The van der Waals surface area contributed by atoms with Gasteiger partial charge in [0.2, 0.25) is 5.69 Å². The number of anilines is 1. The lowest BCUT2D eigenvalue weighted by atomic mass is 10.3. The summed E-state index contributed by atoms with van der Waals surface area (Å²) in [7, 11) is 0. The number of nitrogens with zero attached hydrogens (tertiary/aromatic N) is 4. The normalized spacial score (nSPS) is 16.0. The van der Waals surface area contributed by atoms with Crippen LogP contribution in [0.3, 0.4) is 0 Å². The Hall–Kier alpha value is -3.34. The molecule has 0 bridgehead atoms. The summed E-state index contributed by atoms with van der Waals surface area (Å²) in [5, 5.41) is 11.9. The van der Waals surface area contributed by atoms with E-state index in [1.165, 1.54) is 12.4 Å². The first kappa shape index (κ1) is 17.5. The van der Waals surface area contributed by atoms with E-state index in [9.17, 15) is 4.79 Å². The molecule has 1 aliphatic rings. The highest BCUT2D eigenvalue weighted by Gasteiger charge is 2.29. The Balaban J connectivity index is 1.60. The molecule has 0 radical (unpaired) electrons. The van der Waals surface area contributed by atoms with Crippen molar-refractivity contribution in [3.05, 3.63) is 42.4 Å². The molecule has 0 aliphatic carbocycles. The second kappa shape index (κ2) is 8.16. The average Bonchev–Trinajstić information content (AvgIpc) is 3.13. The predicted octanol–water partition coefficient (Wildman–Crippen LogP) is 2.43. The molecule has 2 aromatic rings. The number of para-hydroxylation sites is 2. The van der Waals surface area contributed by atoms with Crippen LogP contribution in [-0.4, -0.2) is 46.7 Å². The van der Waals surface area contributed by atoms with Crippen LogP contribution >= 0.6 is 0 Å². The number of hydrogen-bond donors (Lipinski definition) is 1. The molecule has 8 nitrogen and oxygen atoms in total. The molecule has 3 rings (SSSR count). The molecule has 8 heteroatoms. The highest BCUT2D eigenvalue weighted by Crippen LogP contribution is 2.25. The van der Waals surface area contributed by atoms with Crippen molar-refractivity contribution in [2.75, 3.05) is 25.0 Å². The fourth-order valence-electron chi connectivity index (χ4n) is 2.70. The maximum absolute atomic E-state index is 12.5. The van der Waals surface area contributed by atoms with Gasteiger partial charge < -0.3 is 19.7 Å². The number of aromatic nitrogens is 2. The number of ether oxygens (including phenoxy) is 2. The van der Waals surface area contributed by atoms with Gasteiger partial charge in [-0.3, -0.25) is 0 Å². The summed E-state index contributed by atoms with van der Waals surface area (Å²) in [4.78, 5) is 22.1. The van der Waals surface area contributed by atoms with E-state index in [0.29, 0.717) is 37.6 Å². The molecule has 1 fully saturated rings. The van der Waals surface area contributed by atoms with Crippen LogP contribution in [-0.2, 0) is 0 Å². The van der Waals surface area contributed by atoms with Crippen LogP contribution in [0.5, 0.6) is 11.6 Å². The maximum atomic E-state index is 12.5. The molecule has 1 unspecified atom stereocenters. The van der Waals surface area contributed by atoms with Gasteiger partial charge in [0, 0.05) is 25.4 Å². The number of benzene rings is 1. The molecule has 26 heavy (non-hydrogen) atoms. The van der Waals surface area contributed by atoms with Crippen LogP contribution in [0.25, 0.3) is 0 Å². The summed E-state index contributed by atoms with van der Waals surface area (Å²) in [6.07, 6.45) is 3.34. The third kappa shape index (κ3) is 4.00. The molecule has 0 spiro atoms. The Morgan fingerprint density at radius 3 is 3.00 bits per heavy atom. The fourth-order valence-corrected chi connectivity index (χ4v) is 2.70. The van der Waals surface area contributed by atoms with Crippen molar-refractivity contribution in [1.82, 2.24) is 14.9 Å². The van der Waals surface area contributed by atoms with Crippen molar-refractivity contribution in [3.8, 4) is 17.7 Å². The molecule has 2 heterocycles. The number of carbonyl (C=O) groups excluding carboxylic acids is 1. The van der Waals surface area contributed by atoms with E-state index >= 15 is 0 Å². The Morgan fingerprint density at radius 1 is 1.38 bits per heavy atom. The summed E-state index contributed by atoms with van der Waals surface area (Å²) < 4.78 is 11.3. The first-order valence-electron chi connectivity index (χ1n) is 8.36. The molecule has 1 aliphatic heterocycles. The minimum absolute atomic E-state index is 0.140. The molecule has 1 atom stereocenters. The molecular weight excluding hydrogens is 334 g/mol. The van der Waals surface area contributed by atoms with Crippen molar-refractivity contribution in [2.24, 2.45) is 0 Å². The SMILES string of the molecule is CCOc1ccccc1NC(=O)N1CCC(Oc2nccnc2C#N)C1. The van der Waals surface area contributed by atoms with E-state index in [4.69, 9.17) is 14.7 Å². The quantitative estimate of drug-likeness (QED) is 0.886. The molecule has 1 aromatic carbocycles. The second-order valence-corrected chi connectivity index (χ2v) is 5.66. The Kier molecular flexibility index (Phi) is 5.49. The molecule has 1 aromatic heterocycles. The highest BCUT2D eigenvalue weighted by atomic mass is 16.5. The van der Waals surface area contributed by atoms with Gasteiger partial charge in [-0.25, -0.2) is 14.8 Å². The van der Waals surface area contributed by atoms with Crippen LogP contribution < -0.4 is 14.8 Å². The maximum Gasteiger partial charge on any atom is 0.322 e. The van der Waals surface area contributed by atoms with E-state index in [1.807, 2.05) is 31.2 Å². The van der Waals surface area contributed by atoms with Gasteiger partial charge in [0.15, 0.2) is 0 Å². The van der Waals surface area contributed by atoms with Crippen LogP contribution in [0.15, 0.2) is 36.7 Å². The van der Waals surface area contributed by atoms with Gasteiger partial charge >= 0.3 is 6.03 Å². The molecule has 2 amide bonds. The van der Waals surface area contributed by atoms with E-state index < -0.39 is 0 Å². The van der Waals surface area contributed by atoms with Crippen molar-refractivity contribution in [2.45, 2.75) is 19.4 Å². The number of rotatable bonds is 5. The summed E-state index contributed by atoms with van der Waals surface area (Å²) in [6, 6.07) is 9.03. The van der Waals surface area contributed by atoms with Gasteiger partial charge in [-0.1, -0.05) is 12.1 Å². The molecule has 134 valence electrons. The first-order chi connectivity index (χ1) is 12.7. The average molecular weight is 353 g/mol. The Morgan fingerprint density at radius 2 is 2.19 bits per heavy atom. The van der Waals surface area contributed by atoms with E-state index in [-0.39, 0.29) is 23.7 Å². The number of likely N-dealkylation sites (tertiary alicyclic amines) is 1.